The van der Waals surface area contributed by atoms with Crippen molar-refractivity contribution < 1.29 is 26.2 Å². The second-order valence-electron chi connectivity index (χ2n) is 13.9. The van der Waals surface area contributed by atoms with Crippen molar-refractivity contribution in [3.8, 4) is 28.1 Å². The molecule has 3 heterocycles. The molecule has 7 rings (SSSR count). The smallest absolute Gasteiger partial charge is 0.140 e. The SMILES string of the molecule is CN(C)c1ccnc(N2c3[c-]c(-c4ccc5c(-c6ccc(C(C)(C)C)cc6)ccc(O)c5n4)ccc3C(C)(C)c3ccccc32)c1.[Pt]. The zero-order chi connectivity index (χ0) is 32.4. The Hall–Kier alpha value is -4.47. The fourth-order valence-electron chi connectivity index (χ4n) is 6.58. The number of phenolic OH excluding ortho intramolecular Hbond substituents is 1. The van der Waals surface area contributed by atoms with Crippen molar-refractivity contribution in [3.63, 3.8) is 0 Å². The van der Waals surface area contributed by atoms with Gasteiger partial charge in [0.15, 0.2) is 0 Å². The molecule has 0 aliphatic carbocycles. The Morgan fingerprint density at radius 3 is 2.30 bits per heavy atom. The van der Waals surface area contributed by atoms with Crippen LogP contribution in [0.4, 0.5) is 22.9 Å². The predicted molar refractivity (Wildman–Crippen MR) is 191 cm³/mol. The normalized spacial score (nSPS) is 13.5. The standard InChI is InChI=1S/C41H39N4O.Pt/c1-40(2,3)28-15-12-26(13-16-28)30-18-21-37(46)39-31(30)17-20-34(43-39)27-14-19-33-36(24-27)45(38-25-29(44(6)7)22-23-42-38)35-11-9-8-10-32(35)41(33,4)5;/h8-23,25,46H,1-7H3;/q-1;. The van der Waals surface area contributed by atoms with Crippen molar-refractivity contribution in [1.29, 1.82) is 0 Å². The third-order valence-electron chi connectivity index (χ3n) is 9.29. The average molecular weight is 799 g/mol. The van der Waals surface area contributed by atoms with Crippen LogP contribution < -0.4 is 9.80 Å². The first-order valence-electron chi connectivity index (χ1n) is 15.8. The first kappa shape index (κ1) is 32.5. The fraction of sp³-hybridized carbons (Fsp3) is 0.220. The molecule has 0 bridgehead atoms. The predicted octanol–water partition coefficient (Wildman–Crippen LogP) is 9.94. The monoisotopic (exact) mass is 798 g/mol. The zero-order valence-electron chi connectivity index (χ0n) is 27.9. The molecule has 5 nitrogen and oxygen atoms in total. The third kappa shape index (κ3) is 5.61. The summed E-state index contributed by atoms with van der Waals surface area (Å²) in [5.74, 6) is 0.987. The Bertz CT molecular complexity index is 2110. The number of pyridine rings is 2. The molecule has 0 amide bonds. The number of rotatable bonds is 4. The van der Waals surface area contributed by atoms with E-state index in [9.17, 15) is 5.11 Å². The molecule has 1 N–H and O–H groups in total. The summed E-state index contributed by atoms with van der Waals surface area (Å²) in [7, 11) is 4.08. The number of benzene rings is 4. The van der Waals surface area contributed by atoms with Gasteiger partial charge < -0.3 is 14.9 Å². The molecule has 0 spiro atoms. The number of fused-ring (bicyclic) bond motifs is 3. The molecule has 4 aromatic carbocycles. The van der Waals surface area contributed by atoms with E-state index in [1.165, 1.54) is 11.1 Å². The van der Waals surface area contributed by atoms with E-state index in [1.54, 1.807) is 6.07 Å². The minimum atomic E-state index is -0.247. The largest absolute Gasteiger partial charge is 0.506 e. The van der Waals surface area contributed by atoms with Crippen molar-refractivity contribution in [2.45, 2.75) is 45.4 Å². The quantitative estimate of drug-likeness (QED) is 0.180. The van der Waals surface area contributed by atoms with Gasteiger partial charge in [-0.25, -0.2) is 4.98 Å². The van der Waals surface area contributed by atoms with E-state index >= 15 is 0 Å². The third-order valence-corrected chi connectivity index (χ3v) is 9.29. The maximum absolute atomic E-state index is 11.0. The Morgan fingerprint density at radius 2 is 1.57 bits per heavy atom. The van der Waals surface area contributed by atoms with E-state index < -0.39 is 0 Å². The van der Waals surface area contributed by atoms with E-state index in [-0.39, 0.29) is 37.6 Å². The van der Waals surface area contributed by atoms with Crippen molar-refractivity contribution in [2.75, 3.05) is 23.9 Å². The van der Waals surface area contributed by atoms with Gasteiger partial charge in [0.2, 0.25) is 0 Å². The molecule has 47 heavy (non-hydrogen) atoms. The number of para-hydroxylation sites is 1. The molecule has 6 heteroatoms. The Labute approximate surface area is 292 Å². The Morgan fingerprint density at radius 1 is 0.830 bits per heavy atom. The van der Waals surface area contributed by atoms with E-state index in [0.717, 1.165) is 56.2 Å². The van der Waals surface area contributed by atoms with Crippen LogP contribution in [-0.4, -0.2) is 29.2 Å². The van der Waals surface area contributed by atoms with Crippen molar-refractivity contribution in [2.24, 2.45) is 0 Å². The molecule has 0 unspecified atom stereocenters. The van der Waals surface area contributed by atoms with E-state index in [0.29, 0.717) is 5.52 Å². The number of hydrogen-bond donors (Lipinski definition) is 1. The average Bonchev–Trinajstić information content (AvgIpc) is 3.04. The molecule has 0 radical (unpaired) electrons. The number of phenols is 1. The van der Waals surface area contributed by atoms with Gasteiger partial charge in [-0.2, -0.15) is 0 Å². The molecule has 240 valence electrons. The zero-order valence-corrected chi connectivity index (χ0v) is 30.1. The number of aromatic hydroxyl groups is 1. The summed E-state index contributed by atoms with van der Waals surface area (Å²) in [5.41, 5.74) is 10.9. The van der Waals surface area contributed by atoms with Crippen LogP contribution >= 0.6 is 0 Å². The summed E-state index contributed by atoms with van der Waals surface area (Å²) >= 11 is 0. The van der Waals surface area contributed by atoms with Crippen LogP contribution in [0.2, 0.25) is 0 Å². The van der Waals surface area contributed by atoms with Crippen LogP contribution in [0, 0.1) is 6.07 Å². The van der Waals surface area contributed by atoms with Crippen molar-refractivity contribution in [3.05, 3.63) is 126 Å². The van der Waals surface area contributed by atoms with E-state index in [4.69, 9.17) is 9.97 Å². The van der Waals surface area contributed by atoms with Crippen molar-refractivity contribution >= 4 is 33.8 Å². The van der Waals surface area contributed by atoms with Gasteiger partial charge in [0.25, 0.3) is 0 Å². The number of nitrogens with zero attached hydrogens (tertiary/aromatic N) is 4. The summed E-state index contributed by atoms with van der Waals surface area (Å²) in [6.07, 6.45) is 1.86. The van der Waals surface area contributed by atoms with Gasteiger partial charge in [0, 0.05) is 64.2 Å². The molecule has 1 aliphatic heterocycles. The molecule has 0 saturated carbocycles. The van der Waals surface area contributed by atoms with Crippen LogP contribution in [0.15, 0.2) is 103 Å². The van der Waals surface area contributed by atoms with Gasteiger partial charge in [-0.15, -0.1) is 23.8 Å². The molecular weight excluding hydrogens is 760 g/mol. The van der Waals surface area contributed by atoms with Gasteiger partial charge in [0.1, 0.15) is 17.1 Å². The summed E-state index contributed by atoms with van der Waals surface area (Å²) in [6, 6.07) is 37.2. The molecule has 0 saturated heterocycles. The van der Waals surface area contributed by atoms with E-state index in [1.807, 2.05) is 38.5 Å². The van der Waals surface area contributed by atoms with Gasteiger partial charge >= 0.3 is 0 Å². The molecule has 1 aliphatic rings. The van der Waals surface area contributed by atoms with Crippen LogP contribution in [0.25, 0.3) is 33.3 Å². The molecular formula is C41H39N4OPt-. The Balaban J connectivity index is 0.00000386. The summed E-state index contributed by atoms with van der Waals surface area (Å²) in [5, 5.41) is 11.9. The first-order chi connectivity index (χ1) is 21.9. The second-order valence-corrected chi connectivity index (χ2v) is 13.9. The first-order valence-corrected chi connectivity index (χ1v) is 15.8. The van der Waals surface area contributed by atoms with Gasteiger partial charge in [-0.05, 0) is 68.7 Å². The number of aromatic nitrogens is 2. The van der Waals surface area contributed by atoms with Gasteiger partial charge in [-0.1, -0.05) is 94.8 Å². The topological polar surface area (TPSA) is 52.5 Å². The molecule has 6 aromatic rings. The minimum absolute atomic E-state index is 0. The number of anilines is 4. The number of hydrogen-bond acceptors (Lipinski definition) is 5. The summed E-state index contributed by atoms with van der Waals surface area (Å²) in [4.78, 5) is 14.2. The van der Waals surface area contributed by atoms with E-state index in [2.05, 4.69) is 123 Å². The summed E-state index contributed by atoms with van der Waals surface area (Å²) in [6.45, 7) is 11.2. The second kappa shape index (κ2) is 12.0. The maximum atomic E-state index is 11.0. The van der Waals surface area contributed by atoms with Crippen LogP contribution in [0.1, 0.15) is 51.3 Å². The van der Waals surface area contributed by atoms with Crippen LogP contribution in [-0.2, 0) is 31.9 Å². The van der Waals surface area contributed by atoms with Crippen LogP contribution in [0.3, 0.4) is 0 Å². The molecule has 0 fully saturated rings. The minimum Gasteiger partial charge on any atom is -0.506 e. The molecule has 2 aromatic heterocycles. The van der Waals surface area contributed by atoms with Gasteiger partial charge in [-0.3, -0.25) is 4.98 Å². The van der Waals surface area contributed by atoms with Crippen LogP contribution in [0.5, 0.6) is 5.75 Å². The Kier molecular flexibility index (Phi) is 8.26. The van der Waals surface area contributed by atoms with Crippen molar-refractivity contribution in [1.82, 2.24) is 9.97 Å². The maximum Gasteiger partial charge on any atom is 0.140 e. The van der Waals surface area contributed by atoms with Gasteiger partial charge in [0.05, 0.1) is 0 Å². The fourth-order valence-corrected chi connectivity index (χ4v) is 6.58. The summed E-state index contributed by atoms with van der Waals surface area (Å²) < 4.78 is 0. The molecule has 0 atom stereocenters.